The first kappa shape index (κ1) is 12.7. The van der Waals surface area contributed by atoms with Gasteiger partial charge in [0, 0.05) is 19.8 Å². The predicted molar refractivity (Wildman–Crippen MR) is 71.6 cm³/mol. The number of nitrogens with zero attached hydrogens (tertiary/aromatic N) is 4. The summed E-state index contributed by atoms with van der Waals surface area (Å²) in [5.74, 6) is 0.795. The molecule has 3 rings (SSSR count). The fourth-order valence-corrected chi connectivity index (χ4v) is 2.29. The zero-order valence-electron chi connectivity index (χ0n) is 11.0. The Morgan fingerprint density at radius 3 is 3.25 bits per heavy atom. The van der Waals surface area contributed by atoms with Crippen molar-refractivity contribution in [2.45, 2.75) is 6.23 Å². The van der Waals surface area contributed by atoms with Crippen LogP contribution in [0.15, 0.2) is 18.6 Å². The van der Waals surface area contributed by atoms with Gasteiger partial charge in [-0.3, -0.25) is 4.90 Å². The smallest absolute Gasteiger partial charge is 0.409 e. The lowest BCUT2D eigenvalue weighted by atomic mass is 10.3. The number of likely N-dealkylation sites (N-methyl/N-ethyl adjacent to an activating group) is 1. The monoisotopic (exact) mass is 277 g/mol. The summed E-state index contributed by atoms with van der Waals surface area (Å²) < 4.78 is 5.50. The second kappa shape index (κ2) is 4.97. The number of fused-ring (bicyclic) bond motifs is 1. The molecule has 1 fully saturated rings. The van der Waals surface area contributed by atoms with Crippen LogP contribution in [-0.4, -0.2) is 64.0 Å². The van der Waals surface area contributed by atoms with Gasteiger partial charge in [-0.15, -0.1) is 0 Å². The number of hydrogen-bond acceptors (Lipinski definition) is 5. The van der Waals surface area contributed by atoms with Crippen molar-refractivity contribution in [1.82, 2.24) is 19.9 Å². The van der Waals surface area contributed by atoms with Crippen LogP contribution in [-0.2, 0) is 4.74 Å². The van der Waals surface area contributed by atoms with Crippen molar-refractivity contribution in [2.75, 3.05) is 31.6 Å². The van der Waals surface area contributed by atoms with Crippen LogP contribution >= 0.6 is 0 Å². The van der Waals surface area contributed by atoms with Crippen molar-refractivity contribution in [3.63, 3.8) is 0 Å². The van der Waals surface area contributed by atoms with E-state index in [0.29, 0.717) is 19.7 Å². The fraction of sp³-hybridized carbons (Fsp3) is 0.417. The molecule has 1 saturated heterocycles. The van der Waals surface area contributed by atoms with Gasteiger partial charge in [-0.25, -0.2) is 14.8 Å². The van der Waals surface area contributed by atoms with Gasteiger partial charge in [0.15, 0.2) is 6.23 Å². The Morgan fingerprint density at radius 2 is 2.45 bits per heavy atom. The highest BCUT2D eigenvalue weighted by Crippen LogP contribution is 2.24. The quantitative estimate of drug-likeness (QED) is 0.840. The summed E-state index contributed by atoms with van der Waals surface area (Å²) in [5.41, 5.74) is 0.768. The van der Waals surface area contributed by atoms with Gasteiger partial charge in [0.1, 0.15) is 17.8 Å². The van der Waals surface area contributed by atoms with Crippen LogP contribution in [0.25, 0.3) is 11.0 Å². The standard InChI is InChI=1S/C12H15N5O3/c1-16(12(18)19)9-6-17(4-5-20-9)11-8-2-3-13-10(8)14-7-15-11/h2-3,7,9H,4-6H2,1H3,(H,18,19)(H,13,14,15). The Bertz CT molecular complexity index is 628. The van der Waals surface area contributed by atoms with Gasteiger partial charge in [0.2, 0.25) is 0 Å². The van der Waals surface area contributed by atoms with E-state index in [9.17, 15) is 4.79 Å². The van der Waals surface area contributed by atoms with E-state index >= 15 is 0 Å². The summed E-state index contributed by atoms with van der Waals surface area (Å²) in [5, 5.41) is 9.95. The molecule has 20 heavy (non-hydrogen) atoms. The minimum absolute atomic E-state index is 0.445. The van der Waals surface area contributed by atoms with Gasteiger partial charge in [0.05, 0.1) is 18.5 Å². The highest BCUT2D eigenvalue weighted by molar-refractivity contribution is 5.87. The zero-order valence-corrected chi connectivity index (χ0v) is 11.0. The lowest BCUT2D eigenvalue weighted by Gasteiger charge is -2.37. The fourth-order valence-electron chi connectivity index (χ4n) is 2.29. The van der Waals surface area contributed by atoms with E-state index < -0.39 is 12.3 Å². The molecule has 1 aliphatic rings. The highest BCUT2D eigenvalue weighted by Gasteiger charge is 2.28. The largest absolute Gasteiger partial charge is 0.465 e. The second-order valence-electron chi connectivity index (χ2n) is 4.60. The molecular weight excluding hydrogens is 262 g/mol. The molecule has 8 nitrogen and oxygen atoms in total. The van der Waals surface area contributed by atoms with Crippen LogP contribution in [0.5, 0.6) is 0 Å². The molecule has 0 radical (unpaired) electrons. The number of rotatable bonds is 2. The molecule has 2 N–H and O–H groups in total. The molecule has 1 amide bonds. The van der Waals surface area contributed by atoms with Crippen LogP contribution in [0, 0.1) is 0 Å². The SMILES string of the molecule is CN(C(=O)O)C1CN(c2ncnc3[nH]ccc23)CCO1. The number of aromatic nitrogens is 3. The maximum absolute atomic E-state index is 11.0. The number of morpholine rings is 1. The first-order valence-corrected chi connectivity index (χ1v) is 6.27. The average Bonchev–Trinajstić information content (AvgIpc) is 2.94. The lowest BCUT2D eigenvalue weighted by molar-refractivity contribution is -0.0447. The first-order chi connectivity index (χ1) is 9.66. The van der Waals surface area contributed by atoms with Crippen molar-refractivity contribution in [3.8, 4) is 0 Å². The van der Waals surface area contributed by atoms with Crippen molar-refractivity contribution < 1.29 is 14.6 Å². The van der Waals surface area contributed by atoms with Crippen LogP contribution in [0.3, 0.4) is 0 Å². The van der Waals surface area contributed by atoms with Crippen LogP contribution in [0.2, 0.25) is 0 Å². The third-order valence-electron chi connectivity index (χ3n) is 3.41. The van der Waals surface area contributed by atoms with E-state index in [1.165, 1.54) is 18.3 Å². The minimum Gasteiger partial charge on any atom is -0.465 e. The molecule has 1 atom stereocenters. The van der Waals surface area contributed by atoms with Gasteiger partial charge >= 0.3 is 6.09 Å². The van der Waals surface area contributed by atoms with Crippen molar-refractivity contribution in [3.05, 3.63) is 18.6 Å². The molecule has 3 heterocycles. The van der Waals surface area contributed by atoms with Crippen LogP contribution in [0.1, 0.15) is 0 Å². The molecule has 2 aromatic rings. The lowest BCUT2D eigenvalue weighted by Crippen LogP contribution is -2.51. The number of aromatic amines is 1. The first-order valence-electron chi connectivity index (χ1n) is 6.27. The normalized spacial score (nSPS) is 19.2. The molecule has 1 aliphatic heterocycles. The summed E-state index contributed by atoms with van der Waals surface area (Å²) >= 11 is 0. The Hall–Kier alpha value is -2.35. The number of carbonyl (C=O) groups is 1. The van der Waals surface area contributed by atoms with E-state index in [-0.39, 0.29) is 0 Å². The van der Waals surface area contributed by atoms with E-state index in [1.807, 2.05) is 17.2 Å². The number of anilines is 1. The Kier molecular flexibility index (Phi) is 3.15. The number of carboxylic acid groups (broad SMARTS) is 1. The van der Waals surface area contributed by atoms with Crippen LogP contribution in [0.4, 0.5) is 10.6 Å². The Labute approximate surface area is 115 Å². The van der Waals surface area contributed by atoms with E-state index in [2.05, 4.69) is 15.0 Å². The van der Waals surface area contributed by atoms with Crippen molar-refractivity contribution in [2.24, 2.45) is 0 Å². The molecule has 8 heteroatoms. The maximum Gasteiger partial charge on any atom is 0.409 e. The number of ether oxygens (including phenoxy) is 1. The van der Waals surface area contributed by atoms with Gasteiger partial charge in [-0.2, -0.15) is 0 Å². The average molecular weight is 277 g/mol. The third-order valence-corrected chi connectivity index (χ3v) is 3.41. The summed E-state index contributed by atoms with van der Waals surface area (Å²) in [7, 11) is 1.50. The molecule has 0 bridgehead atoms. The molecule has 0 saturated carbocycles. The third kappa shape index (κ3) is 2.14. The maximum atomic E-state index is 11.0. The highest BCUT2D eigenvalue weighted by atomic mass is 16.5. The number of hydrogen-bond donors (Lipinski definition) is 2. The number of H-pyrrole nitrogens is 1. The van der Waals surface area contributed by atoms with Crippen LogP contribution < -0.4 is 4.90 Å². The molecule has 0 aromatic carbocycles. The summed E-state index contributed by atoms with van der Waals surface area (Å²) in [6.07, 6.45) is 1.81. The van der Waals surface area contributed by atoms with E-state index in [4.69, 9.17) is 9.84 Å². The van der Waals surface area contributed by atoms with Gasteiger partial charge in [-0.1, -0.05) is 0 Å². The predicted octanol–water partition coefficient (Wildman–Crippen LogP) is 0.730. The summed E-state index contributed by atoms with van der Waals surface area (Å²) in [6, 6.07) is 1.91. The van der Waals surface area contributed by atoms with Gasteiger partial charge < -0.3 is 19.7 Å². The number of nitrogens with one attached hydrogen (secondary N) is 1. The molecule has 0 spiro atoms. The number of amides is 1. The van der Waals surface area contributed by atoms with E-state index in [1.54, 1.807) is 0 Å². The minimum atomic E-state index is -1.01. The van der Waals surface area contributed by atoms with Gasteiger partial charge in [0.25, 0.3) is 0 Å². The van der Waals surface area contributed by atoms with Crippen molar-refractivity contribution in [1.29, 1.82) is 0 Å². The Morgan fingerprint density at radius 1 is 1.60 bits per heavy atom. The topological polar surface area (TPSA) is 94.6 Å². The van der Waals surface area contributed by atoms with Crippen molar-refractivity contribution >= 4 is 22.9 Å². The van der Waals surface area contributed by atoms with Gasteiger partial charge in [-0.05, 0) is 6.07 Å². The zero-order chi connectivity index (χ0) is 14.1. The molecule has 106 valence electrons. The second-order valence-corrected chi connectivity index (χ2v) is 4.60. The molecule has 0 aliphatic carbocycles. The molecule has 1 unspecified atom stereocenters. The molecule has 2 aromatic heterocycles. The Balaban J connectivity index is 1.87. The summed E-state index contributed by atoms with van der Waals surface area (Å²) in [6.45, 7) is 1.57. The molecular formula is C12H15N5O3. The summed E-state index contributed by atoms with van der Waals surface area (Å²) in [4.78, 5) is 25.7. The van der Waals surface area contributed by atoms with E-state index in [0.717, 1.165) is 16.9 Å².